The van der Waals surface area contributed by atoms with E-state index in [2.05, 4.69) is 30.6 Å². The zero-order valence-corrected chi connectivity index (χ0v) is 25.0. The number of amides is 2. The van der Waals surface area contributed by atoms with Crippen LogP contribution in [0.3, 0.4) is 0 Å². The Labute approximate surface area is 272 Å². The van der Waals surface area contributed by atoms with Crippen LogP contribution in [0.25, 0.3) is 21.9 Å². The Morgan fingerprint density at radius 1 is 0.833 bits per heavy atom. The molecule has 6 aromatic rings. The third kappa shape index (κ3) is 5.53. The molecule has 0 spiro atoms. The van der Waals surface area contributed by atoms with Gasteiger partial charge in [-0.15, -0.1) is 0 Å². The minimum atomic E-state index is -1.16. The van der Waals surface area contributed by atoms with Gasteiger partial charge in [-0.2, -0.15) is 0 Å². The normalized spacial score (nSPS) is 21.6. The van der Waals surface area contributed by atoms with Gasteiger partial charge in [0, 0.05) is 17.4 Å². The van der Waals surface area contributed by atoms with Crippen LogP contribution in [0.5, 0.6) is 5.88 Å². The first kappa shape index (κ1) is 29.4. The number of aromatic nitrogens is 5. The summed E-state index contributed by atoms with van der Waals surface area (Å²) in [6.07, 6.45) is 0.885. The van der Waals surface area contributed by atoms with Crippen LogP contribution in [0.1, 0.15) is 28.4 Å². The smallest absolute Gasteiger partial charge is 0.341 e. The number of para-hydroxylation sites is 1. The number of carbonyl (C=O) groups excluding carboxylic acids is 1. The Balaban J connectivity index is 1.09. The zero-order valence-electron chi connectivity index (χ0n) is 25.0. The lowest BCUT2D eigenvalue weighted by atomic mass is 10.1. The number of hydrogen-bond donors (Lipinski definition) is 3. The molecule has 2 amide bonds. The standard InChI is InChI=1S/C34H27N7O7/c42-32(43)23-11-6-14-35-30(23)45-16-24-26-27(48-33(47-26)21-13-12-19-7-4-5-8-20(19)15-21)31(46-24)41-18-38-25-28(36-17-37-29(25)41)40-34(44)39-22-9-2-1-3-10-22/h1-15,17-18,24,26-27,31,33H,16H2,(H,42,43)(H2,36,37,39,40,44). The average molecular weight is 646 g/mol. The summed E-state index contributed by atoms with van der Waals surface area (Å²) in [4.78, 5) is 41.8. The molecule has 14 heteroatoms. The first-order valence-corrected chi connectivity index (χ1v) is 15.1. The van der Waals surface area contributed by atoms with Gasteiger partial charge in [-0.3, -0.25) is 9.88 Å². The van der Waals surface area contributed by atoms with Crippen LogP contribution >= 0.6 is 0 Å². The van der Waals surface area contributed by atoms with Crippen molar-refractivity contribution in [1.82, 2.24) is 24.5 Å². The topological polar surface area (TPSA) is 172 Å². The lowest BCUT2D eigenvalue weighted by molar-refractivity contribution is -0.152. The van der Waals surface area contributed by atoms with Gasteiger partial charge in [0.15, 0.2) is 29.5 Å². The van der Waals surface area contributed by atoms with Gasteiger partial charge in [0.1, 0.15) is 36.8 Å². The highest BCUT2D eigenvalue weighted by atomic mass is 16.8. The van der Waals surface area contributed by atoms with Gasteiger partial charge in [0.25, 0.3) is 0 Å². The van der Waals surface area contributed by atoms with Crippen molar-refractivity contribution in [2.24, 2.45) is 0 Å². The summed E-state index contributed by atoms with van der Waals surface area (Å²) in [5, 5.41) is 17.2. The minimum absolute atomic E-state index is 0.0380. The molecule has 8 rings (SSSR count). The van der Waals surface area contributed by atoms with Gasteiger partial charge in [-0.25, -0.2) is 29.5 Å². The molecule has 5 atom stereocenters. The summed E-state index contributed by atoms with van der Waals surface area (Å²) < 4.78 is 27.1. The maximum atomic E-state index is 12.8. The lowest BCUT2D eigenvalue weighted by Crippen LogP contribution is -2.33. The summed E-state index contributed by atoms with van der Waals surface area (Å²) in [6, 6.07) is 25.5. The second-order valence-electron chi connectivity index (χ2n) is 11.2. The third-order valence-electron chi connectivity index (χ3n) is 8.18. The van der Waals surface area contributed by atoms with Crippen LogP contribution in [0, 0.1) is 0 Å². The summed E-state index contributed by atoms with van der Waals surface area (Å²) in [5.74, 6) is -0.996. The molecule has 2 aliphatic rings. The van der Waals surface area contributed by atoms with E-state index in [9.17, 15) is 14.7 Å². The highest BCUT2D eigenvalue weighted by Gasteiger charge is 2.54. The number of nitrogens with one attached hydrogen (secondary N) is 2. The van der Waals surface area contributed by atoms with E-state index in [-0.39, 0.29) is 23.9 Å². The van der Waals surface area contributed by atoms with Crippen LogP contribution in [-0.4, -0.2) is 66.5 Å². The van der Waals surface area contributed by atoms with E-state index in [4.69, 9.17) is 18.9 Å². The number of fused-ring (bicyclic) bond motifs is 3. The number of carboxylic acids is 1. The number of urea groups is 1. The molecule has 0 aliphatic carbocycles. The Bertz CT molecular complexity index is 2140. The summed E-state index contributed by atoms with van der Waals surface area (Å²) >= 11 is 0. The Kier molecular flexibility index (Phi) is 7.57. The SMILES string of the molecule is O=C(Nc1ccccc1)Nc1ncnc2c1ncn2C1OC(COc2ncccc2C(=O)O)C2OC(c3ccc4ccccc4c3)OC21. The van der Waals surface area contributed by atoms with Gasteiger partial charge in [-0.1, -0.05) is 54.6 Å². The van der Waals surface area contributed by atoms with E-state index in [1.807, 2.05) is 60.7 Å². The molecule has 14 nitrogen and oxygen atoms in total. The predicted octanol–water partition coefficient (Wildman–Crippen LogP) is 5.18. The third-order valence-corrected chi connectivity index (χ3v) is 8.18. The molecule has 2 fully saturated rings. The Morgan fingerprint density at radius 2 is 1.65 bits per heavy atom. The van der Waals surface area contributed by atoms with Crippen LogP contribution in [0.15, 0.2) is 104 Å². The molecule has 2 saturated heterocycles. The second-order valence-corrected chi connectivity index (χ2v) is 11.2. The molecule has 2 aliphatic heterocycles. The quantitative estimate of drug-likeness (QED) is 0.199. The van der Waals surface area contributed by atoms with Crippen molar-refractivity contribution in [3.05, 3.63) is 115 Å². The molecule has 3 aromatic carbocycles. The van der Waals surface area contributed by atoms with Gasteiger partial charge >= 0.3 is 12.0 Å². The average Bonchev–Trinajstić information content (AvgIpc) is 3.82. The molecule has 3 aromatic heterocycles. The maximum Gasteiger partial charge on any atom is 0.341 e. The van der Waals surface area contributed by atoms with Crippen LogP contribution < -0.4 is 15.4 Å². The van der Waals surface area contributed by atoms with Crippen molar-refractivity contribution in [2.75, 3.05) is 17.2 Å². The number of benzene rings is 3. The molecule has 48 heavy (non-hydrogen) atoms. The number of imidazole rings is 1. The van der Waals surface area contributed by atoms with Gasteiger partial charge < -0.3 is 29.4 Å². The molecule has 0 radical (unpaired) electrons. The fraction of sp³-hybridized carbons (Fsp3) is 0.176. The van der Waals surface area contributed by atoms with Crippen LogP contribution in [-0.2, 0) is 14.2 Å². The zero-order chi connectivity index (χ0) is 32.6. The molecule has 5 heterocycles. The molecule has 0 saturated carbocycles. The van der Waals surface area contributed by atoms with Gasteiger partial charge in [0.05, 0.1) is 6.33 Å². The maximum absolute atomic E-state index is 12.8. The number of ether oxygens (including phenoxy) is 4. The largest absolute Gasteiger partial charge is 0.477 e. The van der Waals surface area contributed by atoms with E-state index in [0.717, 1.165) is 16.3 Å². The fourth-order valence-electron chi connectivity index (χ4n) is 5.96. The van der Waals surface area contributed by atoms with Crippen molar-refractivity contribution in [1.29, 1.82) is 0 Å². The number of rotatable bonds is 8. The molecule has 240 valence electrons. The Morgan fingerprint density at radius 3 is 2.50 bits per heavy atom. The Hall–Kier alpha value is -5.96. The molecular weight excluding hydrogens is 618 g/mol. The number of aromatic carboxylic acids is 1. The van der Waals surface area contributed by atoms with Crippen molar-refractivity contribution >= 4 is 45.4 Å². The molecule has 0 bridgehead atoms. The number of anilines is 2. The number of carbonyl (C=O) groups is 2. The summed E-state index contributed by atoms with van der Waals surface area (Å²) in [5.41, 5.74) is 2.10. The monoisotopic (exact) mass is 645 g/mol. The van der Waals surface area contributed by atoms with Crippen molar-refractivity contribution in [3.63, 3.8) is 0 Å². The van der Waals surface area contributed by atoms with E-state index in [0.29, 0.717) is 16.9 Å². The van der Waals surface area contributed by atoms with E-state index in [1.54, 1.807) is 23.0 Å². The summed E-state index contributed by atoms with van der Waals surface area (Å²) in [6.45, 7) is -0.0726. The number of pyridine rings is 1. The van der Waals surface area contributed by atoms with E-state index < -0.39 is 42.8 Å². The first-order valence-electron chi connectivity index (χ1n) is 15.1. The van der Waals surface area contributed by atoms with Gasteiger partial charge in [0.2, 0.25) is 5.88 Å². The fourth-order valence-corrected chi connectivity index (χ4v) is 5.96. The molecule has 5 unspecified atom stereocenters. The van der Waals surface area contributed by atoms with Gasteiger partial charge in [-0.05, 0) is 41.1 Å². The van der Waals surface area contributed by atoms with Crippen molar-refractivity contribution < 1.29 is 33.6 Å². The summed E-state index contributed by atoms with van der Waals surface area (Å²) in [7, 11) is 0. The lowest BCUT2D eigenvalue weighted by Gasteiger charge is -2.22. The number of carboxylic acid groups (broad SMARTS) is 1. The molecule has 3 N–H and O–H groups in total. The first-order chi connectivity index (χ1) is 23.5. The highest BCUT2D eigenvalue weighted by molar-refractivity contribution is 6.03. The van der Waals surface area contributed by atoms with Crippen molar-refractivity contribution in [3.8, 4) is 5.88 Å². The predicted molar refractivity (Wildman–Crippen MR) is 171 cm³/mol. The highest BCUT2D eigenvalue weighted by Crippen LogP contribution is 2.45. The minimum Gasteiger partial charge on any atom is -0.477 e. The second kappa shape index (κ2) is 12.3. The number of hydrogen-bond acceptors (Lipinski definition) is 10. The molecular formula is C34H27N7O7. The van der Waals surface area contributed by atoms with E-state index in [1.165, 1.54) is 24.7 Å². The van der Waals surface area contributed by atoms with E-state index >= 15 is 0 Å². The van der Waals surface area contributed by atoms with Crippen LogP contribution in [0.4, 0.5) is 16.3 Å². The number of nitrogens with zero attached hydrogens (tertiary/aromatic N) is 5. The van der Waals surface area contributed by atoms with Crippen LogP contribution in [0.2, 0.25) is 0 Å². The van der Waals surface area contributed by atoms with Crippen molar-refractivity contribution in [2.45, 2.75) is 30.8 Å².